The number of aromatic nitrogens is 2. The van der Waals surface area contributed by atoms with Gasteiger partial charge in [0.25, 0.3) is 5.56 Å². The molecule has 0 fully saturated rings. The molecule has 0 amide bonds. The zero-order chi connectivity index (χ0) is 9.26. The van der Waals surface area contributed by atoms with E-state index in [0.717, 1.165) is 11.3 Å². The molecular weight excluding hydrogens is 184 g/mol. The van der Waals surface area contributed by atoms with Crippen molar-refractivity contribution in [1.82, 2.24) is 9.97 Å². The van der Waals surface area contributed by atoms with E-state index in [0.29, 0.717) is 0 Å². The summed E-state index contributed by atoms with van der Waals surface area (Å²) in [6, 6.07) is 1.98. The van der Waals surface area contributed by atoms with E-state index in [4.69, 9.17) is 0 Å². The Bertz CT molecular complexity index is 472. The molecule has 0 bridgehead atoms. The Labute approximate surface area is 79.1 Å². The predicted molar refractivity (Wildman–Crippen MR) is 52.9 cm³/mol. The van der Waals surface area contributed by atoms with Gasteiger partial charge in [-0.3, -0.25) is 9.78 Å². The molecule has 0 aliphatic heterocycles. The first-order valence-corrected chi connectivity index (χ1v) is 4.74. The van der Waals surface area contributed by atoms with Crippen LogP contribution in [0, 0.1) is 6.92 Å². The van der Waals surface area contributed by atoms with E-state index < -0.39 is 0 Å². The van der Waals surface area contributed by atoms with Crippen molar-refractivity contribution in [2.75, 3.05) is 0 Å². The number of nitrogens with zero attached hydrogens (tertiary/aromatic N) is 1. The maximum atomic E-state index is 11.0. The summed E-state index contributed by atoms with van der Waals surface area (Å²) in [4.78, 5) is 18.7. The van der Waals surface area contributed by atoms with Crippen LogP contribution in [0.25, 0.3) is 11.3 Å². The molecule has 2 aromatic rings. The molecule has 3 nitrogen and oxygen atoms in total. The maximum absolute atomic E-state index is 11.0. The molecule has 2 heterocycles. The third-order valence-corrected chi connectivity index (χ3v) is 2.65. The number of rotatable bonds is 1. The average molecular weight is 192 g/mol. The van der Waals surface area contributed by atoms with Crippen molar-refractivity contribution in [2.24, 2.45) is 0 Å². The second-order valence-corrected chi connectivity index (χ2v) is 3.82. The number of aryl methyl sites for hydroxylation is 1. The zero-order valence-electron chi connectivity index (χ0n) is 7.07. The molecule has 4 heteroatoms. The van der Waals surface area contributed by atoms with E-state index in [1.165, 1.54) is 11.1 Å². The molecule has 0 aliphatic rings. The lowest BCUT2D eigenvalue weighted by molar-refractivity contribution is 1.14. The van der Waals surface area contributed by atoms with Crippen LogP contribution in [-0.2, 0) is 0 Å². The third kappa shape index (κ3) is 1.53. The molecule has 0 unspecified atom stereocenters. The van der Waals surface area contributed by atoms with Gasteiger partial charge in [0.15, 0.2) is 0 Å². The van der Waals surface area contributed by atoms with Crippen LogP contribution in [0.5, 0.6) is 0 Å². The SMILES string of the molecule is Cc1sccc1-c1cncc(=O)[nH]1. The van der Waals surface area contributed by atoms with Crippen LogP contribution in [0.4, 0.5) is 0 Å². The summed E-state index contributed by atoms with van der Waals surface area (Å²) in [6.07, 6.45) is 2.93. The monoisotopic (exact) mass is 192 g/mol. The first kappa shape index (κ1) is 8.19. The van der Waals surface area contributed by atoms with Gasteiger partial charge in [-0.25, -0.2) is 0 Å². The molecule has 0 radical (unpaired) electrons. The smallest absolute Gasteiger partial charge is 0.266 e. The van der Waals surface area contributed by atoms with Crippen LogP contribution in [0.2, 0.25) is 0 Å². The van der Waals surface area contributed by atoms with Crippen molar-refractivity contribution in [3.63, 3.8) is 0 Å². The standard InChI is InChI=1S/C9H8N2OS/c1-6-7(2-3-13-6)8-4-10-5-9(12)11-8/h2-5H,1H3,(H,11,12). The summed E-state index contributed by atoms with van der Waals surface area (Å²) >= 11 is 1.66. The van der Waals surface area contributed by atoms with E-state index in [9.17, 15) is 4.79 Å². The molecule has 2 aromatic heterocycles. The van der Waals surface area contributed by atoms with E-state index in [1.807, 2.05) is 18.4 Å². The fourth-order valence-electron chi connectivity index (χ4n) is 1.18. The molecule has 2 rings (SSSR count). The van der Waals surface area contributed by atoms with Gasteiger partial charge < -0.3 is 4.98 Å². The van der Waals surface area contributed by atoms with Gasteiger partial charge in [0.1, 0.15) is 0 Å². The Hall–Kier alpha value is -1.42. The summed E-state index contributed by atoms with van der Waals surface area (Å²) in [5.41, 5.74) is 1.67. The van der Waals surface area contributed by atoms with E-state index in [-0.39, 0.29) is 5.56 Å². The highest BCUT2D eigenvalue weighted by molar-refractivity contribution is 7.10. The van der Waals surface area contributed by atoms with Crippen LogP contribution in [0.1, 0.15) is 4.88 Å². The van der Waals surface area contributed by atoms with Crippen molar-refractivity contribution in [2.45, 2.75) is 6.92 Å². The Balaban J connectivity index is 2.59. The van der Waals surface area contributed by atoms with Gasteiger partial charge in [0, 0.05) is 10.4 Å². The van der Waals surface area contributed by atoms with Crippen molar-refractivity contribution in [1.29, 1.82) is 0 Å². The molecular formula is C9H8N2OS. The molecule has 0 spiro atoms. The summed E-state index contributed by atoms with van der Waals surface area (Å²) in [5, 5.41) is 2.00. The van der Waals surface area contributed by atoms with Crippen molar-refractivity contribution in [3.8, 4) is 11.3 Å². The quantitative estimate of drug-likeness (QED) is 0.749. The molecule has 66 valence electrons. The van der Waals surface area contributed by atoms with Crippen LogP contribution in [-0.4, -0.2) is 9.97 Å². The Morgan fingerprint density at radius 2 is 2.31 bits per heavy atom. The fraction of sp³-hybridized carbons (Fsp3) is 0.111. The lowest BCUT2D eigenvalue weighted by Gasteiger charge is -1.97. The number of aromatic amines is 1. The fourth-order valence-corrected chi connectivity index (χ4v) is 1.89. The molecule has 1 N–H and O–H groups in total. The Kier molecular flexibility index (Phi) is 1.98. The molecule has 13 heavy (non-hydrogen) atoms. The van der Waals surface area contributed by atoms with Crippen molar-refractivity contribution < 1.29 is 0 Å². The molecule has 0 saturated heterocycles. The van der Waals surface area contributed by atoms with Crippen LogP contribution < -0.4 is 5.56 Å². The summed E-state index contributed by atoms with van der Waals surface area (Å²) in [5.74, 6) is 0. The minimum absolute atomic E-state index is 0.164. The Morgan fingerprint density at radius 1 is 1.46 bits per heavy atom. The molecule has 0 aromatic carbocycles. The number of hydrogen-bond acceptors (Lipinski definition) is 3. The normalized spacial score (nSPS) is 10.2. The minimum Gasteiger partial charge on any atom is -0.319 e. The number of H-pyrrole nitrogens is 1. The third-order valence-electron chi connectivity index (χ3n) is 1.80. The van der Waals surface area contributed by atoms with Gasteiger partial charge in [0.2, 0.25) is 0 Å². The number of thiophene rings is 1. The summed E-state index contributed by atoms with van der Waals surface area (Å²) in [6.45, 7) is 2.02. The van der Waals surface area contributed by atoms with Crippen LogP contribution in [0.15, 0.2) is 28.6 Å². The van der Waals surface area contributed by atoms with E-state index in [1.54, 1.807) is 17.5 Å². The minimum atomic E-state index is -0.164. The maximum Gasteiger partial charge on any atom is 0.266 e. The van der Waals surface area contributed by atoms with Gasteiger partial charge >= 0.3 is 0 Å². The van der Waals surface area contributed by atoms with Crippen LogP contribution in [0.3, 0.4) is 0 Å². The first-order chi connectivity index (χ1) is 6.27. The average Bonchev–Trinajstić information content (AvgIpc) is 2.51. The lowest BCUT2D eigenvalue weighted by atomic mass is 10.2. The van der Waals surface area contributed by atoms with Gasteiger partial charge in [0.05, 0.1) is 18.1 Å². The zero-order valence-corrected chi connectivity index (χ0v) is 7.89. The molecule has 0 aliphatic carbocycles. The van der Waals surface area contributed by atoms with E-state index >= 15 is 0 Å². The Morgan fingerprint density at radius 3 is 2.92 bits per heavy atom. The van der Waals surface area contributed by atoms with Crippen LogP contribution >= 0.6 is 11.3 Å². The van der Waals surface area contributed by atoms with Crippen molar-refractivity contribution >= 4 is 11.3 Å². The van der Waals surface area contributed by atoms with Gasteiger partial charge in [-0.2, -0.15) is 0 Å². The number of hydrogen-bond donors (Lipinski definition) is 1. The highest BCUT2D eigenvalue weighted by atomic mass is 32.1. The molecule has 0 atom stereocenters. The first-order valence-electron chi connectivity index (χ1n) is 3.86. The highest BCUT2D eigenvalue weighted by Crippen LogP contribution is 2.24. The van der Waals surface area contributed by atoms with Gasteiger partial charge in [-0.05, 0) is 18.4 Å². The van der Waals surface area contributed by atoms with Crippen molar-refractivity contribution in [3.05, 3.63) is 39.1 Å². The highest BCUT2D eigenvalue weighted by Gasteiger charge is 2.02. The number of nitrogens with one attached hydrogen (secondary N) is 1. The largest absolute Gasteiger partial charge is 0.319 e. The second-order valence-electron chi connectivity index (χ2n) is 2.70. The lowest BCUT2D eigenvalue weighted by Crippen LogP contribution is -2.05. The predicted octanol–water partition coefficient (Wildman–Crippen LogP) is 1.81. The molecule has 0 saturated carbocycles. The topological polar surface area (TPSA) is 45.8 Å². The summed E-state index contributed by atoms with van der Waals surface area (Å²) in [7, 11) is 0. The van der Waals surface area contributed by atoms with Gasteiger partial charge in [-0.15, -0.1) is 11.3 Å². The van der Waals surface area contributed by atoms with E-state index in [2.05, 4.69) is 9.97 Å². The second kappa shape index (κ2) is 3.14. The van der Waals surface area contributed by atoms with Gasteiger partial charge in [-0.1, -0.05) is 0 Å². The summed E-state index contributed by atoms with van der Waals surface area (Å²) < 4.78 is 0.